The Labute approximate surface area is 198 Å². The van der Waals surface area contributed by atoms with E-state index in [9.17, 15) is 14.4 Å². The highest BCUT2D eigenvalue weighted by Crippen LogP contribution is 2.22. The number of rotatable bonds is 5. The average molecular weight is 467 g/mol. The van der Waals surface area contributed by atoms with Gasteiger partial charge in [-0.3, -0.25) is 9.59 Å². The summed E-state index contributed by atoms with van der Waals surface area (Å²) in [6.45, 7) is 0. The molecule has 2 heterocycles. The summed E-state index contributed by atoms with van der Waals surface area (Å²) in [4.78, 5) is 37.8. The van der Waals surface area contributed by atoms with Crippen molar-refractivity contribution < 1.29 is 14.0 Å². The van der Waals surface area contributed by atoms with Crippen LogP contribution in [0.3, 0.4) is 0 Å². The minimum Gasteiger partial charge on any atom is -0.422 e. The number of carbonyl (C=O) groups excluding carboxylic acids is 2. The van der Waals surface area contributed by atoms with Gasteiger partial charge in [-0.2, -0.15) is 0 Å². The molecule has 0 aliphatic rings. The number of amides is 2. The van der Waals surface area contributed by atoms with E-state index in [1.807, 2.05) is 29.6 Å². The van der Waals surface area contributed by atoms with Gasteiger partial charge in [-0.25, -0.2) is 4.79 Å². The number of para-hydroxylation sites is 1. The van der Waals surface area contributed by atoms with Crippen LogP contribution < -0.4 is 16.3 Å². The number of benzene rings is 3. The molecule has 0 aliphatic heterocycles. The lowest BCUT2D eigenvalue weighted by atomic mass is 10.0. The van der Waals surface area contributed by atoms with E-state index in [1.165, 1.54) is 11.3 Å². The maximum Gasteiger partial charge on any atom is 0.344 e. The van der Waals surface area contributed by atoms with Crippen LogP contribution in [0.15, 0.2) is 106 Å². The summed E-state index contributed by atoms with van der Waals surface area (Å²) in [5.41, 5.74) is 2.89. The third-order valence-corrected chi connectivity index (χ3v) is 6.11. The fourth-order valence-electron chi connectivity index (χ4n) is 3.50. The fraction of sp³-hybridized carbons (Fsp3) is 0. The van der Waals surface area contributed by atoms with Gasteiger partial charge in [0.1, 0.15) is 5.58 Å². The Kier molecular flexibility index (Phi) is 5.76. The predicted octanol–water partition coefficient (Wildman–Crippen LogP) is 6.03. The molecule has 6 nitrogen and oxygen atoms in total. The molecule has 2 amide bonds. The molecule has 34 heavy (non-hydrogen) atoms. The number of carbonyl (C=O) groups is 2. The van der Waals surface area contributed by atoms with Gasteiger partial charge in [-0.15, -0.1) is 11.3 Å². The van der Waals surface area contributed by atoms with E-state index in [0.717, 1.165) is 5.39 Å². The van der Waals surface area contributed by atoms with Crippen LogP contribution in [0, 0.1) is 0 Å². The summed E-state index contributed by atoms with van der Waals surface area (Å²) in [5.74, 6) is -0.459. The summed E-state index contributed by atoms with van der Waals surface area (Å²) >= 11 is 1.37. The van der Waals surface area contributed by atoms with Gasteiger partial charge in [0.2, 0.25) is 0 Å². The monoisotopic (exact) mass is 466 g/mol. The molecule has 0 atom stereocenters. The number of nitrogens with one attached hydrogen (secondary N) is 2. The topological polar surface area (TPSA) is 88.4 Å². The zero-order valence-electron chi connectivity index (χ0n) is 17.8. The predicted molar refractivity (Wildman–Crippen MR) is 135 cm³/mol. The van der Waals surface area contributed by atoms with Crippen LogP contribution >= 0.6 is 11.3 Å². The summed E-state index contributed by atoms with van der Waals surface area (Å²) in [5, 5.41) is 8.32. The van der Waals surface area contributed by atoms with E-state index in [-0.39, 0.29) is 11.8 Å². The third-order valence-electron chi connectivity index (χ3n) is 5.25. The Morgan fingerprint density at radius 3 is 2.09 bits per heavy atom. The second-order valence-corrected chi connectivity index (χ2v) is 8.47. The molecule has 0 unspecified atom stereocenters. The molecule has 5 aromatic rings. The molecule has 3 aromatic carbocycles. The first-order valence-electron chi connectivity index (χ1n) is 10.5. The van der Waals surface area contributed by atoms with E-state index < -0.39 is 5.63 Å². The molecule has 0 fully saturated rings. The quantitative estimate of drug-likeness (QED) is 0.310. The van der Waals surface area contributed by atoms with E-state index in [4.69, 9.17) is 4.42 Å². The molecule has 0 aliphatic carbocycles. The van der Waals surface area contributed by atoms with Crippen molar-refractivity contribution in [3.63, 3.8) is 0 Å². The molecular formula is C27H18N2O4S. The second-order valence-electron chi connectivity index (χ2n) is 7.53. The van der Waals surface area contributed by atoms with Crippen molar-refractivity contribution in [3.05, 3.63) is 117 Å². The molecule has 0 radical (unpaired) electrons. The SMILES string of the molecule is O=C(Nc1ccc(NC(=O)c2cccs2)cc1)c1ccc(-c2cc3ccccc3oc2=O)cc1. The van der Waals surface area contributed by atoms with Gasteiger partial charge in [0.25, 0.3) is 11.8 Å². The second kappa shape index (κ2) is 9.17. The minimum atomic E-state index is -0.429. The lowest BCUT2D eigenvalue weighted by Gasteiger charge is -2.08. The first-order valence-corrected chi connectivity index (χ1v) is 11.3. The van der Waals surface area contributed by atoms with Crippen molar-refractivity contribution in [2.75, 3.05) is 10.6 Å². The molecule has 0 saturated heterocycles. The van der Waals surface area contributed by atoms with Crippen LogP contribution in [0.25, 0.3) is 22.1 Å². The zero-order chi connectivity index (χ0) is 23.5. The maximum absolute atomic E-state index is 12.7. The van der Waals surface area contributed by atoms with Gasteiger partial charge in [-0.1, -0.05) is 36.4 Å². The van der Waals surface area contributed by atoms with Gasteiger partial charge in [0.05, 0.1) is 10.4 Å². The van der Waals surface area contributed by atoms with Crippen LogP contribution in [0.5, 0.6) is 0 Å². The highest BCUT2D eigenvalue weighted by molar-refractivity contribution is 7.12. The first-order chi connectivity index (χ1) is 16.6. The number of thiophene rings is 1. The molecule has 0 bridgehead atoms. The van der Waals surface area contributed by atoms with Crippen molar-refractivity contribution in [1.29, 1.82) is 0 Å². The van der Waals surface area contributed by atoms with Crippen LogP contribution in [0.4, 0.5) is 11.4 Å². The van der Waals surface area contributed by atoms with E-state index in [0.29, 0.717) is 38.5 Å². The summed E-state index contributed by atoms with van der Waals surface area (Å²) in [7, 11) is 0. The number of anilines is 2. The van der Waals surface area contributed by atoms with Gasteiger partial charge < -0.3 is 15.1 Å². The molecule has 2 aromatic heterocycles. The summed E-state index contributed by atoms with van der Waals surface area (Å²) in [6, 6.07) is 26.3. The van der Waals surface area contributed by atoms with Crippen molar-refractivity contribution in [3.8, 4) is 11.1 Å². The first kappa shape index (κ1) is 21.4. The van der Waals surface area contributed by atoms with E-state index in [2.05, 4.69) is 10.6 Å². The normalized spacial score (nSPS) is 10.7. The Hall–Kier alpha value is -4.49. The lowest BCUT2D eigenvalue weighted by molar-refractivity contribution is 0.102. The van der Waals surface area contributed by atoms with Crippen LogP contribution in [-0.2, 0) is 0 Å². The number of hydrogen-bond donors (Lipinski definition) is 2. The van der Waals surface area contributed by atoms with Gasteiger partial charge in [0, 0.05) is 22.3 Å². The number of hydrogen-bond acceptors (Lipinski definition) is 5. The molecule has 7 heteroatoms. The van der Waals surface area contributed by atoms with Gasteiger partial charge in [-0.05, 0) is 65.5 Å². The largest absolute Gasteiger partial charge is 0.422 e. The Balaban J connectivity index is 1.27. The maximum atomic E-state index is 12.7. The van der Waals surface area contributed by atoms with Gasteiger partial charge in [0.15, 0.2) is 0 Å². The molecule has 2 N–H and O–H groups in total. The average Bonchev–Trinajstić information content (AvgIpc) is 3.40. The third kappa shape index (κ3) is 4.51. The molecule has 0 spiro atoms. The molecule has 0 saturated carbocycles. The van der Waals surface area contributed by atoms with E-state index in [1.54, 1.807) is 66.7 Å². The molecular weight excluding hydrogens is 448 g/mol. The summed E-state index contributed by atoms with van der Waals surface area (Å²) in [6.07, 6.45) is 0. The van der Waals surface area contributed by atoms with Crippen LogP contribution in [0.1, 0.15) is 20.0 Å². The number of fused-ring (bicyclic) bond motifs is 1. The van der Waals surface area contributed by atoms with Crippen molar-refractivity contribution in [2.24, 2.45) is 0 Å². The minimum absolute atomic E-state index is 0.174. The summed E-state index contributed by atoms with van der Waals surface area (Å²) < 4.78 is 5.40. The van der Waals surface area contributed by atoms with Crippen LogP contribution in [0.2, 0.25) is 0 Å². The van der Waals surface area contributed by atoms with E-state index >= 15 is 0 Å². The standard InChI is InChI=1S/C27H18N2O4S/c30-25(28-20-11-13-21(14-12-20)29-26(31)24-6-3-15-34-24)18-9-7-17(8-10-18)22-16-19-4-1-2-5-23(19)33-27(22)32/h1-16H,(H,28,30)(H,29,31). The lowest BCUT2D eigenvalue weighted by Crippen LogP contribution is -2.12. The Morgan fingerprint density at radius 2 is 1.41 bits per heavy atom. The van der Waals surface area contributed by atoms with Gasteiger partial charge >= 0.3 is 5.63 Å². The molecule has 5 rings (SSSR count). The van der Waals surface area contributed by atoms with Crippen molar-refractivity contribution in [1.82, 2.24) is 0 Å². The highest BCUT2D eigenvalue weighted by Gasteiger charge is 2.11. The molecule has 166 valence electrons. The Bertz CT molecular complexity index is 1540. The highest BCUT2D eigenvalue weighted by atomic mass is 32.1. The smallest absolute Gasteiger partial charge is 0.344 e. The van der Waals surface area contributed by atoms with Crippen molar-refractivity contribution in [2.45, 2.75) is 0 Å². The van der Waals surface area contributed by atoms with Crippen molar-refractivity contribution >= 4 is 45.5 Å². The zero-order valence-corrected chi connectivity index (χ0v) is 18.6. The Morgan fingerprint density at radius 1 is 0.735 bits per heavy atom. The van der Waals surface area contributed by atoms with Crippen LogP contribution in [-0.4, -0.2) is 11.8 Å². The fourth-order valence-corrected chi connectivity index (χ4v) is 4.12.